The summed E-state index contributed by atoms with van der Waals surface area (Å²) in [4.78, 5) is 0. The monoisotopic (exact) mass is 1090 g/mol. The van der Waals surface area contributed by atoms with Crippen LogP contribution < -0.4 is 0 Å². The smallest absolute Gasteiger partial charge is 0.00268 e. The van der Waals surface area contributed by atoms with Crippen LogP contribution in [0.15, 0.2) is 376 Å². The summed E-state index contributed by atoms with van der Waals surface area (Å²) < 4.78 is 0. The van der Waals surface area contributed by atoms with Gasteiger partial charge in [0.1, 0.15) is 0 Å². The van der Waals surface area contributed by atoms with Crippen LogP contribution >= 0.6 is 0 Å². The molecule has 0 amide bonds. The van der Waals surface area contributed by atoms with E-state index in [1.807, 2.05) is 36.4 Å². The first-order valence-electron chi connectivity index (χ1n) is 29.5. The molecular formula is C86H62. The van der Waals surface area contributed by atoms with Gasteiger partial charge in [0.15, 0.2) is 0 Å². The topological polar surface area (TPSA) is 0 Å². The molecule has 0 atom stereocenters. The van der Waals surface area contributed by atoms with Gasteiger partial charge in [0, 0.05) is 0 Å². The predicted octanol–water partition coefficient (Wildman–Crippen LogP) is 24.5. The average Bonchev–Trinajstić information content (AvgIpc) is 1.12. The lowest BCUT2D eigenvalue weighted by Gasteiger charge is -2.09. The Labute approximate surface area is 502 Å². The molecule has 0 spiro atoms. The maximum atomic E-state index is 2.24. The highest BCUT2D eigenvalue weighted by Crippen LogP contribution is 2.36. The molecule has 0 saturated carbocycles. The van der Waals surface area contributed by atoms with Gasteiger partial charge >= 0.3 is 0 Å². The summed E-state index contributed by atoms with van der Waals surface area (Å²) in [5.74, 6) is 0. The van der Waals surface area contributed by atoms with Crippen molar-refractivity contribution in [1.29, 1.82) is 0 Å². The molecule has 19 rings (SSSR count). The van der Waals surface area contributed by atoms with Crippen molar-refractivity contribution in [2.75, 3.05) is 0 Å². The molecule has 0 aliphatic rings. The Bertz CT molecular complexity index is 4420. The largest absolute Gasteiger partial charge is 0.0623 e. The molecule has 0 N–H and O–H groups in total. The molecule has 0 bridgehead atoms. The Morgan fingerprint density at radius 1 is 0.0814 bits per heavy atom. The van der Waals surface area contributed by atoms with Crippen LogP contribution in [0.25, 0.3) is 129 Å². The number of rotatable bonds is 0. The standard InChI is InChI=1S/2C16H10.2C14H10.2C10H8.C6H6/c2*1-3-11-7-9-13-5-2-6-14-10-8-12(4-1)15(11)16(13)14;2*1-2-6-12-10-14-8-4-3-7-13(14)9-11(12)5-1;2*1-2-6-10-8-4-3-7-9(10)5-1;1-2-4-6-5-3-1/h2*1-10H;2*1-10H;2*1-8H;1-6H. The van der Waals surface area contributed by atoms with Crippen molar-refractivity contribution in [2.45, 2.75) is 0 Å². The third kappa shape index (κ3) is 12.3. The minimum absolute atomic E-state index is 1.31. The zero-order valence-corrected chi connectivity index (χ0v) is 47.8. The second-order valence-corrected chi connectivity index (χ2v) is 21.5. The predicted molar refractivity (Wildman–Crippen MR) is 378 cm³/mol. The highest BCUT2D eigenvalue weighted by Gasteiger charge is 2.08. The first-order chi connectivity index (χ1) is 42.7. The number of hydrogen-bond acceptors (Lipinski definition) is 0. The molecule has 0 aliphatic carbocycles. The van der Waals surface area contributed by atoms with Crippen LogP contribution in [0.3, 0.4) is 0 Å². The Balaban J connectivity index is 0.0000000946. The fourth-order valence-corrected chi connectivity index (χ4v) is 11.8. The number of benzene rings is 19. The SMILES string of the molecule is c1cc2ccc3cccc4ccc(c1)c2c34.c1cc2ccc3cccc4ccc(c1)c2c34.c1ccc2cc3ccccc3cc2c1.c1ccc2cc3ccccc3cc2c1.c1ccc2ccccc2c1.c1ccc2ccccc2c1.c1ccccc1. The molecule has 0 heteroatoms. The Morgan fingerprint density at radius 3 is 0.337 bits per heavy atom. The molecule has 0 aromatic heterocycles. The van der Waals surface area contributed by atoms with E-state index in [0.717, 1.165) is 0 Å². The lowest BCUT2D eigenvalue weighted by Crippen LogP contribution is -1.82. The van der Waals surface area contributed by atoms with E-state index in [1.165, 1.54) is 129 Å². The Hall–Kier alpha value is -11.2. The first kappa shape index (κ1) is 54.1. The second kappa shape index (κ2) is 25.9. The lowest BCUT2D eigenvalue weighted by atomic mass is 9.95. The molecular weight excluding hydrogens is 1030 g/mol. The van der Waals surface area contributed by atoms with E-state index in [9.17, 15) is 0 Å². The van der Waals surface area contributed by atoms with E-state index in [4.69, 9.17) is 0 Å². The normalized spacial score (nSPS) is 10.8. The zero-order chi connectivity index (χ0) is 57.7. The van der Waals surface area contributed by atoms with E-state index < -0.39 is 0 Å². The second-order valence-electron chi connectivity index (χ2n) is 21.5. The van der Waals surface area contributed by atoms with Crippen molar-refractivity contribution >= 4 is 129 Å². The molecule has 0 saturated heterocycles. The van der Waals surface area contributed by atoms with E-state index >= 15 is 0 Å². The van der Waals surface area contributed by atoms with Crippen molar-refractivity contribution in [1.82, 2.24) is 0 Å². The van der Waals surface area contributed by atoms with Gasteiger partial charge in [-0.05, 0) is 154 Å². The Morgan fingerprint density at radius 2 is 0.198 bits per heavy atom. The van der Waals surface area contributed by atoms with Gasteiger partial charge in [0.25, 0.3) is 0 Å². The number of hydrogen-bond donors (Lipinski definition) is 0. The van der Waals surface area contributed by atoms with Crippen LogP contribution in [0, 0.1) is 0 Å². The third-order valence-electron chi connectivity index (χ3n) is 16.0. The molecule has 86 heavy (non-hydrogen) atoms. The van der Waals surface area contributed by atoms with E-state index in [0.29, 0.717) is 0 Å². The minimum atomic E-state index is 1.31. The van der Waals surface area contributed by atoms with Crippen LogP contribution in [0.4, 0.5) is 0 Å². The fraction of sp³-hybridized carbons (Fsp3) is 0. The molecule has 0 nitrogen and oxygen atoms in total. The van der Waals surface area contributed by atoms with Crippen LogP contribution in [-0.4, -0.2) is 0 Å². The summed E-state index contributed by atoms with van der Waals surface area (Å²) in [5, 5.41) is 32.0. The van der Waals surface area contributed by atoms with Gasteiger partial charge < -0.3 is 0 Å². The number of fused-ring (bicyclic) bond motifs is 6. The summed E-state index contributed by atoms with van der Waals surface area (Å²) in [5.41, 5.74) is 0. The van der Waals surface area contributed by atoms with Gasteiger partial charge in [-0.25, -0.2) is 0 Å². The van der Waals surface area contributed by atoms with Crippen LogP contribution in [0.5, 0.6) is 0 Å². The van der Waals surface area contributed by atoms with E-state index in [2.05, 4.69) is 340 Å². The van der Waals surface area contributed by atoms with Crippen LogP contribution in [0.1, 0.15) is 0 Å². The lowest BCUT2D eigenvalue weighted by molar-refractivity contribution is 1.72. The van der Waals surface area contributed by atoms with Crippen LogP contribution in [-0.2, 0) is 0 Å². The summed E-state index contributed by atoms with van der Waals surface area (Å²) in [6, 6.07) is 132. The maximum Gasteiger partial charge on any atom is -0.00268 e. The molecule has 19 aromatic carbocycles. The van der Waals surface area contributed by atoms with Gasteiger partial charge in [-0.1, -0.05) is 352 Å². The molecule has 0 fully saturated rings. The molecule has 0 aliphatic heterocycles. The van der Waals surface area contributed by atoms with Gasteiger partial charge in [0.05, 0.1) is 0 Å². The first-order valence-corrected chi connectivity index (χ1v) is 29.5. The summed E-state index contributed by atoms with van der Waals surface area (Å²) in [6.45, 7) is 0. The summed E-state index contributed by atoms with van der Waals surface area (Å²) in [6.07, 6.45) is 0. The molecule has 0 heterocycles. The van der Waals surface area contributed by atoms with E-state index in [1.54, 1.807) is 0 Å². The molecule has 19 aromatic rings. The van der Waals surface area contributed by atoms with Crippen molar-refractivity contribution in [3.63, 3.8) is 0 Å². The van der Waals surface area contributed by atoms with Gasteiger partial charge in [-0.2, -0.15) is 0 Å². The molecule has 0 radical (unpaired) electrons. The van der Waals surface area contributed by atoms with Gasteiger partial charge in [-0.3, -0.25) is 0 Å². The molecule has 0 unspecified atom stereocenters. The third-order valence-corrected chi connectivity index (χ3v) is 16.0. The molecule has 406 valence electrons. The van der Waals surface area contributed by atoms with Crippen molar-refractivity contribution < 1.29 is 0 Å². The summed E-state index contributed by atoms with van der Waals surface area (Å²) >= 11 is 0. The highest BCUT2D eigenvalue weighted by molar-refractivity contribution is 6.24. The Kier molecular flexibility index (Phi) is 16.3. The quantitative estimate of drug-likeness (QED) is 0.105. The van der Waals surface area contributed by atoms with Gasteiger partial charge in [-0.15, -0.1) is 0 Å². The van der Waals surface area contributed by atoms with Crippen molar-refractivity contribution in [3.8, 4) is 0 Å². The minimum Gasteiger partial charge on any atom is -0.0623 e. The van der Waals surface area contributed by atoms with Gasteiger partial charge in [0.2, 0.25) is 0 Å². The maximum absolute atomic E-state index is 2.24. The summed E-state index contributed by atoms with van der Waals surface area (Å²) in [7, 11) is 0. The highest BCUT2D eigenvalue weighted by atomic mass is 14.1. The zero-order valence-electron chi connectivity index (χ0n) is 47.8. The van der Waals surface area contributed by atoms with Crippen LogP contribution in [0.2, 0.25) is 0 Å². The van der Waals surface area contributed by atoms with Crippen molar-refractivity contribution in [2.24, 2.45) is 0 Å². The van der Waals surface area contributed by atoms with Crippen molar-refractivity contribution in [3.05, 3.63) is 376 Å². The average molecular weight is 1100 g/mol. The van der Waals surface area contributed by atoms with E-state index in [-0.39, 0.29) is 0 Å². The fourth-order valence-electron chi connectivity index (χ4n) is 11.8.